The standard InChI is InChI=1S/C16H16O/c1-2-12-17-16-10-8-15(9-11-16)13-14-6-4-3-5-7-14/h2-11H,1,12-13H2. The molecule has 0 aromatic heterocycles. The van der Waals surface area contributed by atoms with Gasteiger partial charge in [-0.2, -0.15) is 0 Å². The molecule has 0 fully saturated rings. The van der Waals surface area contributed by atoms with Crippen LogP contribution in [0.3, 0.4) is 0 Å². The Morgan fingerprint density at radius 2 is 1.53 bits per heavy atom. The van der Waals surface area contributed by atoms with Crippen molar-refractivity contribution in [1.29, 1.82) is 0 Å². The normalized spacial score (nSPS) is 9.88. The molecule has 1 nitrogen and oxygen atoms in total. The molecule has 0 aliphatic carbocycles. The fraction of sp³-hybridized carbons (Fsp3) is 0.125. The molecule has 17 heavy (non-hydrogen) atoms. The molecule has 2 aromatic rings. The van der Waals surface area contributed by atoms with Crippen LogP contribution in [0.4, 0.5) is 0 Å². The molecule has 0 radical (unpaired) electrons. The van der Waals surface area contributed by atoms with Crippen LogP contribution in [0.1, 0.15) is 11.1 Å². The molecular formula is C16H16O. The van der Waals surface area contributed by atoms with E-state index in [-0.39, 0.29) is 0 Å². The van der Waals surface area contributed by atoms with Crippen molar-refractivity contribution in [3.63, 3.8) is 0 Å². The third kappa shape index (κ3) is 3.49. The average Bonchev–Trinajstić information content (AvgIpc) is 2.39. The number of hydrogen-bond acceptors (Lipinski definition) is 1. The predicted octanol–water partition coefficient (Wildman–Crippen LogP) is 3.84. The summed E-state index contributed by atoms with van der Waals surface area (Å²) in [6.07, 6.45) is 2.71. The molecule has 2 rings (SSSR count). The molecule has 1 heteroatoms. The molecule has 0 spiro atoms. The fourth-order valence-electron chi connectivity index (χ4n) is 1.69. The Balaban J connectivity index is 2.01. The fourth-order valence-corrected chi connectivity index (χ4v) is 1.69. The Hall–Kier alpha value is -2.02. The third-order valence-electron chi connectivity index (χ3n) is 2.54. The summed E-state index contributed by atoms with van der Waals surface area (Å²) in [6, 6.07) is 18.7. The molecule has 0 heterocycles. The van der Waals surface area contributed by atoms with Gasteiger partial charge in [-0.1, -0.05) is 55.1 Å². The molecule has 0 amide bonds. The first-order chi connectivity index (χ1) is 8.38. The predicted molar refractivity (Wildman–Crippen MR) is 71.4 cm³/mol. The van der Waals surface area contributed by atoms with Gasteiger partial charge >= 0.3 is 0 Å². The molecule has 0 aliphatic heterocycles. The van der Waals surface area contributed by atoms with E-state index >= 15 is 0 Å². The Morgan fingerprint density at radius 1 is 0.882 bits per heavy atom. The van der Waals surface area contributed by atoms with E-state index in [1.807, 2.05) is 18.2 Å². The first kappa shape index (κ1) is 11.5. The zero-order chi connectivity index (χ0) is 11.9. The van der Waals surface area contributed by atoms with E-state index < -0.39 is 0 Å². The number of benzene rings is 2. The van der Waals surface area contributed by atoms with Gasteiger partial charge in [0.2, 0.25) is 0 Å². The first-order valence-corrected chi connectivity index (χ1v) is 5.75. The zero-order valence-corrected chi connectivity index (χ0v) is 9.80. The Labute approximate surface area is 102 Å². The highest BCUT2D eigenvalue weighted by molar-refractivity contribution is 5.31. The molecule has 86 valence electrons. The van der Waals surface area contributed by atoms with E-state index in [4.69, 9.17) is 4.74 Å². The second-order valence-electron chi connectivity index (χ2n) is 3.91. The summed E-state index contributed by atoms with van der Waals surface area (Å²) < 4.78 is 5.44. The van der Waals surface area contributed by atoms with Crippen LogP contribution < -0.4 is 4.74 Å². The van der Waals surface area contributed by atoms with Gasteiger partial charge in [0.15, 0.2) is 0 Å². The number of hydrogen-bond donors (Lipinski definition) is 0. The minimum atomic E-state index is 0.554. The lowest BCUT2D eigenvalue weighted by atomic mass is 10.1. The first-order valence-electron chi connectivity index (χ1n) is 5.75. The van der Waals surface area contributed by atoms with Gasteiger partial charge in [0.1, 0.15) is 12.4 Å². The van der Waals surface area contributed by atoms with Gasteiger partial charge < -0.3 is 4.74 Å². The maximum Gasteiger partial charge on any atom is 0.119 e. The van der Waals surface area contributed by atoms with Crippen LogP contribution in [-0.4, -0.2) is 6.61 Å². The zero-order valence-electron chi connectivity index (χ0n) is 9.80. The number of rotatable bonds is 5. The van der Waals surface area contributed by atoms with Crippen molar-refractivity contribution >= 4 is 0 Å². The highest BCUT2D eigenvalue weighted by Crippen LogP contribution is 2.15. The smallest absolute Gasteiger partial charge is 0.119 e. The Morgan fingerprint density at radius 3 is 2.18 bits per heavy atom. The van der Waals surface area contributed by atoms with Crippen molar-refractivity contribution in [1.82, 2.24) is 0 Å². The van der Waals surface area contributed by atoms with E-state index in [1.165, 1.54) is 11.1 Å². The topological polar surface area (TPSA) is 9.23 Å². The van der Waals surface area contributed by atoms with Gasteiger partial charge in [-0.25, -0.2) is 0 Å². The summed E-state index contributed by atoms with van der Waals surface area (Å²) >= 11 is 0. The van der Waals surface area contributed by atoms with Crippen LogP contribution in [0.2, 0.25) is 0 Å². The van der Waals surface area contributed by atoms with Crippen LogP contribution in [0, 0.1) is 0 Å². The van der Waals surface area contributed by atoms with Gasteiger partial charge in [-0.15, -0.1) is 0 Å². The van der Waals surface area contributed by atoms with E-state index in [9.17, 15) is 0 Å². The van der Waals surface area contributed by atoms with Gasteiger partial charge in [-0.05, 0) is 29.7 Å². The van der Waals surface area contributed by atoms with Gasteiger partial charge in [0.05, 0.1) is 0 Å². The minimum Gasteiger partial charge on any atom is -0.490 e. The van der Waals surface area contributed by atoms with E-state index in [0.717, 1.165) is 12.2 Å². The van der Waals surface area contributed by atoms with Crippen LogP contribution in [0.25, 0.3) is 0 Å². The second kappa shape index (κ2) is 5.90. The van der Waals surface area contributed by atoms with Crippen molar-refractivity contribution < 1.29 is 4.74 Å². The summed E-state index contributed by atoms with van der Waals surface area (Å²) in [5, 5.41) is 0. The molecule has 0 bridgehead atoms. The lowest BCUT2D eigenvalue weighted by Gasteiger charge is -2.05. The summed E-state index contributed by atoms with van der Waals surface area (Å²) in [6.45, 7) is 4.18. The van der Waals surface area contributed by atoms with Crippen molar-refractivity contribution in [2.75, 3.05) is 6.61 Å². The second-order valence-corrected chi connectivity index (χ2v) is 3.91. The minimum absolute atomic E-state index is 0.554. The SMILES string of the molecule is C=CCOc1ccc(Cc2ccccc2)cc1. The lowest BCUT2D eigenvalue weighted by Crippen LogP contribution is -1.93. The largest absolute Gasteiger partial charge is 0.490 e. The third-order valence-corrected chi connectivity index (χ3v) is 2.54. The van der Waals surface area contributed by atoms with Gasteiger partial charge in [-0.3, -0.25) is 0 Å². The van der Waals surface area contributed by atoms with Crippen LogP contribution in [0.15, 0.2) is 67.3 Å². The van der Waals surface area contributed by atoms with Gasteiger partial charge in [0, 0.05) is 0 Å². The van der Waals surface area contributed by atoms with Crippen LogP contribution >= 0.6 is 0 Å². The Bertz CT molecular complexity index is 457. The van der Waals surface area contributed by atoms with E-state index in [1.54, 1.807) is 6.08 Å². The summed E-state index contributed by atoms with van der Waals surface area (Å²) in [5.41, 5.74) is 2.62. The van der Waals surface area contributed by atoms with Crippen molar-refractivity contribution in [2.24, 2.45) is 0 Å². The monoisotopic (exact) mass is 224 g/mol. The summed E-state index contributed by atoms with van der Waals surface area (Å²) in [4.78, 5) is 0. The molecule has 0 unspecified atom stereocenters. The van der Waals surface area contributed by atoms with E-state index in [0.29, 0.717) is 6.61 Å². The summed E-state index contributed by atoms with van der Waals surface area (Å²) in [5.74, 6) is 0.890. The molecule has 0 saturated carbocycles. The average molecular weight is 224 g/mol. The van der Waals surface area contributed by atoms with Crippen molar-refractivity contribution in [3.05, 3.63) is 78.4 Å². The van der Waals surface area contributed by atoms with Crippen molar-refractivity contribution in [2.45, 2.75) is 6.42 Å². The van der Waals surface area contributed by atoms with Crippen molar-refractivity contribution in [3.8, 4) is 5.75 Å². The maximum absolute atomic E-state index is 5.44. The molecular weight excluding hydrogens is 208 g/mol. The quantitative estimate of drug-likeness (QED) is 0.701. The molecule has 2 aromatic carbocycles. The lowest BCUT2D eigenvalue weighted by molar-refractivity contribution is 0.363. The molecule has 0 N–H and O–H groups in total. The summed E-state index contributed by atoms with van der Waals surface area (Å²) in [7, 11) is 0. The van der Waals surface area contributed by atoms with Crippen LogP contribution in [0.5, 0.6) is 5.75 Å². The maximum atomic E-state index is 5.44. The van der Waals surface area contributed by atoms with Gasteiger partial charge in [0.25, 0.3) is 0 Å². The van der Waals surface area contributed by atoms with E-state index in [2.05, 4.69) is 43.0 Å². The number of ether oxygens (including phenoxy) is 1. The Kier molecular flexibility index (Phi) is 3.98. The molecule has 0 atom stereocenters. The molecule has 0 saturated heterocycles. The molecule has 0 aliphatic rings. The highest BCUT2D eigenvalue weighted by atomic mass is 16.5. The van der Waals surface area contributed by atoms with Crippen LogP contribution in [-0.2, 0) is 6.42 Å². The highest BCUT2D eigenvalue weighted by Gasteiger charge is 1.96.